The zero-order valence-corrected chi connectivity index (χ0v) is 23.3. The topological polar surface area (TPSA) is 75.1 Å². The number of benzene rings is 1. The van der Waals surface area contributed by atoms with E-state index in [4.69, 9.17) is 21.1 Å². The maximum absolute atomic E-state index is 14.2. The lowest BCUT2D eigenvalue weighted by molar-refractivity contribution is -0.137. The van der Waals surface area contributed by atoms with Crippen molar-refractivity contribution in [2.45, 2.75) is 43.6 Å². The number of nitrogens with zero attached hydrogens (tertiary/aromatic N) is 3. The van der Waals surface area contributed by atoms with Gasteiger partial charge < -0.3 is 24.4 Å². The summed E-state index contributed by atoms with van der Waals surface area (Å²) < 4.78 is 38.5. The first-order chi connectivity index (χ1) is 18.7. The highest BCUT2D eigenvalue weighted by atomic mass is 35.5. The summed E-state index contributed by atoms with van der Waals surface area (Å²) in [5, 5.41) is 11.8. The standard InChI is InChI=1S/C28H30ClF2N3O4S/c1-28(16-38-8-7-37-2)15-33(24(29)9-17-3-4-17)27(36)25-23(35)11-19(14-34(25)28)26-32-13-21(39-26)10-18-5-6-20(30)12-22(18)31/h5-6,9,12-14,24,35H,3-4,7-8,10-11,15-16H2,1-2H3. The van der Waals surface area contributed by atoms with Gasteiger partial charge in [0, 0.05) is 55.4 Å². The van der Waals surface area contributed by atoms with Crippen LogP contribution in [0.5, 0.6) is 0 Å². The normalized spacial score (nSPS) is 21.7. The van der Waals surface area contributed by atoms with Gasteiger partial charge in [-0.1, -0.05) is 23.2 Å². The zero-order valence-electron chi connectivity index (χ0n) is 21.8. The summed E-state index contributed by atoms with van der Waals surface area (Å²) >= 11 is 8.03. The van der Waals surface area contributed by atoms with Crippen LogP contribution in [0.15, 0.2) is 53.7 Å². The fourth-order valence-corrected chi connectivity index (χ4v) is 6.04. The quantitative estimate of drug-likeness (QED) is 0.177. The minimum atomic E-state index is -0.733. The van der Waals surface area contributed by atoms with E-state index in [1.165, 1.54) is 29.0 Å². The number of aliphatic hydroxyl groups excluding tert-OH is 1. The number of thiazole rings is 1. The van der Waals surface area contributed by atoms with Crippen molar-refractivity contribution < 1.29 is 28.2 Å². The molecule has 1 N–H and O–H groups in total. The molecule has 0 bridgehead atoms. The first-order valence-corrected chi connectivity index (χ1v) is 14.0. The number of allylic oxidation sites excluding steroid dienone is 2. The fraction of sp³-hybridized carbons (Fsp3) is 0.429. The van der Waals surface area contributed by atoms with Crippen molar-refractivity contribution in [2.24, 2.45) is 0 Å². The van der Waals surface area contributed by atoms with Gasteiger partial charge in [0.15, 0.2) is 0 Å². The second-order valence-corrected chi connectivity index (χ2v) is 11.8. The number of methoxy groups -OCH3 is 1. The van der Waals surface area contributed by atoms with Gasteiger partial charge >= 0.3 is 0 Å². The Morgan fingerprint density at radius 2 is 2.10 bits per heavy atom. The van der Waals surface area contributed by atoms with E-state index in [0.29, 0.717) is 23.8 Å². The van der Waals surface area contributed by atoms with Crippen molar-refractivity contribution in [3.8, 4) is 0 Å². The Morgan fingerprint density at radius 3 is 2.82 bits per heavy atom. The molecule has 39 heavy (non-hydrogen) atoms. The molecule has 2 atom stereocenters. The number of alkyl halides is 1. The highest BCUT2D eigenvalue weighted by molar-refractivity contribution is 7.12. The van der Waals surface area contributed by atoms with Crippen molar-refractivity contribution in [3.63, 3.8) is 0 Å². The summed E-state index contributed by atoms with van der Waals surface area (Å²) in [5.74, 6) is -1.65. The number of carbonyl (C=O) groups is 1. The molecule has 0 spiro atoms. The Balaban J connectivity index is 1.43. The van der Waals surface area contributed by atoms with E-state index in [2.05, 4.69) is 4.98 Å². The Morgan fingerprint density at radius 1 is 1.31 bits per heavy atom. The van der Waals surface area contributed by atoms with Crippen LogP contribution in [0.4, 0.5) is 8.78 Å². The van der Waals surface area contributed by atoms with Crippen molar-refractivity contribution in [1.29, 1.82) is 0 Å². The SMILES string of the molecule is COCCOCC1(C)CN(C(Cl)C=C2CC2)C(=O)C2=C(O)CC(c3ncc(Cc4ccc(F)cc4F)s3)=CN21. The van der Waals surface area contributed by atoms with Crippen molar-refractivity contribution in [3.05, 3.63) is 80.8 Å². The number of hydrogen-bond donors (Lipinski definition) is 1. The summed E-state index contributed by atoms with van der Waals surface area (Å²) in [6, 6.07) is 3.52. The van der Waals surface area contributed by atoms with Crippen LogP contribution in [-0.2, 0) is 20.7 Å². The van der Waals surface area contributed by atoms with Crippen LogP contribution in [-0.4, -0.2) is 70.3 Å². The lowest BCUT2D eigenvalue weighted by Crippen LogP contribution is -2.64. The molecule has 1 saturated carbocycles. The van der Waals surface area contributed by atoms with E-state index in [-0.39, 0.29) is 43.4 Å². The Kier molecular flexibility index (Phi) is 8.09. The van der Waals surface area contributed by atoms with Crippen LogP contribution >= 0.6 is 22.9 Å². The van der Waals surface area contributed by atoms with Gasteiger partial charge in [0.05, 0.1) is 25.4 Å². The molecule has 1 aliphatic carbocycles. The maximum atomic E-state index is 14.2. The Bertz CT molecular complexity index is 1350. The van der Waals surface area contributed by atoms with Gasteiger partial charge in [0.2, 0.25) is 0 Å². The van der Waals surface area contributed by atoms with Crippen LogP contribution in [0, 0.1) is 11.6 Å². The zero-order chi connectivity index (χ0) is 27.7. The van der Waals surface area contributed by atoms with Gasteiger partial charge in [-0.05, 0) is 37.5 Å². The average molecular weight is 578 g/mol. The number of ether oxygens (including phenoxy) is 2. The van der Waals surface area contributed by atoms with Gasteiger partial charge in [0.1, 0.15) is 33.6 Å². The highest BCUT2D eigenvalue weighted by Gasteiger charge is 2.48. The molecule has 2 unspecified atom stereocenters. The molecule has 0 radical (unpaired) electrons. The molecule has 11 heteroatoms. The van der Waals surface area contributed by atoms with Crippen LogP contribution in [0.1, 0.15) is 41.6 Å². The molecule has 2 aliphatic heterocycles. The third-order valence-corrected chi connectivity index (χ3v) is 8.41. The number of aromatic nitrogens is 1. The molecule has 7 nitrogen and oxygen atoms in total. The lowest BCUT2D eigenvalue weighted by atomic mass is 9.91. The van der Waals surface area contributed by atoms with Gasteiger partial charge in [-0.25, -0.2) is 13.8 Å². The molecule has 1 amide bonds. The number of rotatable bonds is 10. The minimum absolute atomic E-state index is 0.0745. The maximum Gasteiger partial charge on any atom is 0.275 e. The summed E-state index contributed by atoms with van der Waals surface area (Å²) in [4.78, 5) is 22.2. The van der Waals surface area contributed by atoms with Crippen LogP contribution < -0.4 is 0 Å². The predicted octanol–water partition coefficient (Wildman–Crippen LogP) is 5.38. The van der Waals surface area contributed by atoms with Crippen molar-refractivity contribution in [2.75, 3.05) is 33.5 Å². The smallest absolute Gasteiger partial charge is 0.275 e. The van der Waals surface area contributed by atoms with E-state index in [0.717, 1.165) is 29.4 Å². The number of carbonyl (C=O) groups excluding carboxylic acids is 1. The largest absolute Gasteiger partial charge is 0.510 e. The highest BCUT2D eigenvalue weighted by Crippen LogP contribution is 2.41. The number of halogens is 3. The van der Waals surface area contributed by atoms with E-state index >= 15 is 0 Å². The predicted molar refractivity (Wildman–Crippen MR) is 145 cm³/mol. The Hall–Kier alpha value is -2.79. The van der Waals surface area contributed by atoms with Gasteiger partial charge in [0.25, 0.3) is 5.91 Å². The molecular weight excluding hydrogens is 548 g/mol. The number of amides is 1. The first kappa shape index (κ1) is 27.8. The molecule has 5 rings (SSSR count). The molecule has 2 fully saturated rings. The first-order valence-electron chi connectivity index (χ1n) is 12.7. The molecule has 3 heterocycles. The summed E-state index contributed by atoms with van der Waals surface area (Å²) in [6.07, 6.45) is 7.74. The molecule has 1 saturated heterocycles. The summed E-state index contributed by atoms with van der Waals surface area (Å²) in [7, 11) is 1.60. The molecule has 1 aromatic carbocycles. The van der Waals surface area contributed by atoms with E-state index in [1.54, 1.807) is 23.1 Å². The number of fused-ring (bicyclic) bond motifs is 1. The van der Waals surface area contributed by atoms with E-state index in [9.17, 15) is 18.7 Å². The van der Waals surface area contributed by atoms with Gasteiger partial charge in [-0.3, -0.25) is 4.79 Å². The van der Waals surface area contributed by atoms with Crippen LogP contribution in [0.25, 0.3) is 5.57 Å². The molecule has 2 aromatic rings. The van der Waals surface area contributed by atoms with Crippen LogP contribution in [0.2, 0.25) is 0 Å². The molecule has 1 aromatic heterocycles. The lowest BCUT2D eigenvalue weighted by Gasteiger charge is -2.51. The summed E-state index contributed by atoms with van der Waals surface area (Å²) in [5.41, 5.74) is 1.12. The second kappa shape index (κ2) is 11.4. The number of piperazine rings is 1. The summed E-state index contributed by atoms with van der Waals surface area (Å²) in [6.45, 7) is 3.30. The van der Waals surface area contributed by atoms with Gasteiger partial charge in [-0.2, -0.15) is 0 Å². The monoisotopic (exact) mass is 577 g/mol. The molecule has 208 valence electrons. The van der Waals surface area contributed by atoms with E-state index in [1.807, 2.05) is 19.2 Å². The van der Waals surface area contributed by atoms with E-state index < -0.39 is 22.7 Å². The fourth-order valence-electron chi connectivity index (χ4n) is 4.77. The van der Waals surface area contributed by atoms with Crippen LogP contribution in [0.3, 0.4) is 0 Å². The Labute approximate surface area is 235 Å². The number of aliphatic hydroxyl groups is 1. The number of hydrogen-bond acceptors (Lipinski definition) is 7. The molecule has 3 aliphatic rings. The van der Waals surface area contributed by atoms with Crippen molar-refractivity contribution in [1.82, 2.24) is 14.8 Å². The third-order valence-electron chi connectivity index (χ3n) is 6.98. The molecular formula is C28H30ClF2N3O4S. The van der Waals surface area contributed by atoms with Crippen molar-refractivity contribution >= 4 is 34.4 Å². The average Bonchev–Trinajstić information content (AvgIpc) is 3.59. The third kappa shape index (κ3) is 6.04. The minimum Gasteiger partial charge on any atom is -0.510 e. The second-order valence-electron chi connectivity index (χ2n) is 10.2. The van der Waals surface area contributed by atoms with Gasteiger partial charge in [-0.15, -0.1) is 11.3 Å².